The molecule has 4 heteroatoms. The molecule has 0 spiro atoms. The Kier molecular flexibility index (Phi) is 4.65. The summed E-state index contributed by atoms with van der Waals surface area (Å²) in [5.74, 6) is 2.54. The first-order valence-corrected chi connectivity index (χ1v) is 8.74. The normalized spacial score (nSPS) is 27.9. The van der Waals surface area contributed by atoms with E-state index in [0.29, 0.717) is 5.25 Å². The second-order valence-electron chi connectivity index (χ2n) is 4.11. The van der Waals surface area contributed by atoms with Gasteiger partial charge in [0, 0.05) is 32.9 Å². The van der Waals surface area contributed by atoms with Crippen molar-refractivity contribution in [1.29, 1.82) is 0 Å². The molecule has 0 radical (unpaired) electrons. The minimum atomic E-state index is 0.217. The molecule has 0 amide bonds. The van der Waals surface area contributed by atoms with Crippen molar-refractivity contribution in [2.24, 2.45) is 5.73 Å². The highest BCUT2D eigenvalue weighted by Gasteiger charge is 2.31. The van der Waals surface area contributed by atoms with Crippen LogP contribution in [0.2, 0.25) is 0 Å². The molecule has 0 saturated carbocycles. The molecule has 1 saturated heterocycles. The molecule has 0 aromatic carbocycles. The SMILES string of the molecule is CCC1SCCSC1C(N)c1ccsc1C. The van der Waals surface area contributed by atoms with Gasteiger partial charge in [-0.25, -0.2) is 0 Å². The highest BCUT2D eigenvalue weighted by Crippen LogP contribution is 2.40. The van der Waals surface area contributed by atoms with Crippen molar-refractivity contribution in [1.82, 2.24) is 0 Å². The molecule has 2 N–H and O–H groups in total. The third kappa shape index (κ3) is 2.61. The number of hydrogen-bond donors (Lipinski definition) is 1. The third-order valence-electron chi connectivity index (χ3n) is 3.11. The van der Waals surface area contributed by atoms with E-state index in [0.717, 1.165) is 5.25 Å². The molecule has 2 heterocycles. The number of hydrogen-bond acceptors (Lipinski definition) is 4. The van der Waals surface area contributed by atoms with Crippen LogP contribution in [0.1, 0.15) is 29.8 Å². The molecular weight excluding hydrogens is 254 g/mol. The lowest BCUT2D eigenvalue weighted by atomic mass is 10.0. The van der Waals surface area contributed by atoms with Crippen LogP contribution in [0.15, 0.2) is 11.4 Å². The second-order valence-corrected chi connectivity index (χ2v) is 7.86. The maximum atomic E-state index is 6.45. The molecule has 0 bridgehead atoms. The van der Waals surface area contributed by atoms with Crippen LogP contribution in [0.3, 0.4) is 0 Å². The Balaban J connectivity index is 2.13. The quantitative estimate of drug-likeness (QED) is 0.910. The third-order valence-corrected chi connectivity index (χ3v) is 7.34. The van der Waals surface area contributed by atoms with Crippen LogP contribution in [0, 0.1) is 6.92 Å². The van der Waals surface area contributed by atoms with Gasteiger partial charge in [-0.15, -0.1) is 11.3 Å². The van der Waals surface area contributed by atoms with E-state index in [1.54, 1.807) is 0 Å². The van der Waals surface area contributed by atoms with Gasteiger partial charge in [0.25, 0.3) is 0 Å². The first-order valence-electron chi connectivity index (χ1n) is 5.76. The van der Waals surface area contributed by atoms with E-state index in [4.69, 9.17) is 5.73 Å². The van der Waals surface area contributed by atoms with Crippen molar-refractivity contribution in [3.8, 4) is 0 Å². The maximum absolute atomic E-state index is 6.45. The Morgan fingerprint density at radius 2 is 2.19 bits per heavy atom. The van der Waals surface area contributed by atoms with Crippen LogP contribution in [0.5, 0.6) is 0 Å². The number of nitrogens with two attached hydrogens (primary N) is 1. The summed E-state index contributed by atoms with van der Waals surface area (Å²) in [5, 5.41) is 3.48. The molecule has 1 aliphatic heterocycles. The molecular formula is C12H19NS3. The molecule has 2 rings (SSSR count). The van der Waals surface area contributed by atoms with Crippen LogP contribution in [-0.4, -0.2) is 22.0 Å². The Bertz CT molecular complexity index is 337. The lowest BCUT2D eigenvalue weighted by molar-refractivity contribution is 0.630. The van der Waals surface area contributed by atoms with Gasteiger partial charge in [-0.05, 0) is 30.4 Å². The molecule has 0 aliphatic carbocycles. The number of aryl methyl sites for hydroxylation is 1. The van der Waals surface area contributed by atoms with Crippen molar-refractivity contribution >= 4 is 34.9 Å². The van der Waals surface area contributed by atoms with Gasteiger partial charge < -0.3 is 5.73 Å². The fourth-order valence-electron chi connectivity index (χ4n) is 2.19. The van der Waals surface area contributed by atoms with Crippen molar-refractivity contribution in [2.45, 2.75) is 36.8 Å². The molecule has 1 aromatic heterocycles. The zero-order valence-corrected chi connectivity index (χ0v) is 12.3. The van der Waals surface area contributed by atoms with Crippen LogP contribution in [0.25, 0.3) is 0 Å². The molecule has 1 aromatic rings. The molecule has 16 heavy (non-hydrogen) atoms. The summed E-state index contributed by atoms with van der Waals surface area (Å²) in [6, 6.07) is 2.42. The molecule has 90 valence electrons. The Labute approximate surface area is 111 Å². The predicted octanol–water partition coefficient (Wildman–Crippen LogP) is 3.68. The summed E-state index contributed by atoms with van der Waals surface area (Å²) in [6.45, 7) is 4.46. The van der Waals surface area contributed by atoms with Crippen molar-refractivity contribution in [3.63, 3.8) is 0 Å². The van der Waals surface area contributed by atoms with Gasteiger partial charge in [0.15, 0.2) is 0 Å². The topological polar surface area (TPSA) is 26.0 Å². The van der Waals surface area contributed by atoms with Crippen LogP contribution in [-0.2, 0) is 0 Å². The van der Waals surface area contributed by atoms with Gasteiger partial charge in [-0.1, -0.05) is 6.92 Å². The summed E-state index contributed by atoms with van der Waals surface area (Å²) < 4.78 is 0. The van der Waals surface area contributed by atoms with Gasteiger partial charge in [-0.2, -0.15) is 23.5 Å². The molecule has 1 nitrogen and oxygen atoms in total. The minimum Gasteiger partial charge on any atom is -0.323 e. The fourth-order valence-corrected chi connectivity index (χ4v) is 6.12. The highest BCUT2D eigenvalue weighted by molar-refractivity contribution is 8.07. The van der Waals surface area contributed by atoms with E-state index in [9.17, 15) is 0 Å². The number of thiophene rings is 1. The lowest BCUT2D eigenvalue weighted by Crippen LogP contribution is -2.35. The Morgan fingerprint density at radius 3 is 2.81 bits per heavy atom. The van der Waals surface area contributed by atoms with E-state index < -0.39 is 0 Å². The standard InChI is InChI=1S/C12H19NS3/c1-3-10-12(16-7-6-15-10)11(13)9-4-5-14-8(9)2/h4-5,10-12H,3,6-7,13H2,1-2H3. The summed E-state index contributed by atoms with van der Waals surface area (Å²) in [7, 11) is 0. The fraction of sp³-hybridized carbons (Fsp3) is 0.667. The molecule has 1 aliphatic rings. The van der Waals surface area contributed by atoms with E-state index in [-0.39, 0.29) is 6.04 Å². The summed E-state index contributed by atoms with van der Waals surface area (Å²) in [4.78, 5) is 1.39. The average molecular weight is 273 g/mol. The smallest absolute Gasteiger partial charge is 0.0437 e. The van der Waals surface area contributed by atoms with Crippen molar-refractivity contribution < 1.29 is 0 Å². The minimum absolute atomic E-state index is 0.217. The lowest BCUT2D eigenvalue weighted by Gasteiger charge is -2.34. The van der Waals surface area contributed by atoms with Crippen LogP contribution in [0.4, 0.5) is 0 Å². The molecule has 1 fully saturated rings. The number of thioether (sulfide) groups is 2. The molecule has 3 atom stereocenters. The Hall–Kier alpha value is 0.360. The van der Waals surface area contributed by atoms with E-state index >= 15 is 0 Å². The Morgan fingerprint density at radius 1 is 1.44 bits per heavy atom. The largest absolute Gasteiger partial charge is 0.323 e. The van der Waals surface area contributed by atoms with Crippen LogP contribution >= 0.6 is 34.9 Å². The van der Waals surface area contributed by atoms with Crippen molar-refractivity contribution in [3.05, 3.63) is 21.9 Å². The van der Waals surface area contributed by atoms with Gasteiger partial charge in [-0.3, -0.25) is 0 Å². The summed E-state index contributed by atoms with van der Waals surface area (Å²) in [5.41, 5.74) is 7.82. The first-order chi connectivity index (χ1) is 7.74. The van der Waals surface area contributed by atoms with Gasteiger partial charge in [0.2, 0.25) is 0 Å². The van der Waals surface area contributed by atoms with Gasteiger partial charge in [0.05, 0.1) is 0 Å². The van der Waals surface area contributed by atoms with Gasteiger partial charge >= 0.3 is 0 Å². The highest BCUT2D eigenvalue weighted by atomic mass is 32.2. The number of rotatable bonds is 3. The second kappa shape index (κ2) is 5.80. The predicted molar refractivity (Wildman–Crippen MR) is 78.8 cm³/mol. The van der Waals surface area contributed by atoms with Crippen LogP contribution < -0.4 is 5.73 Å². The van der Waals surface area contributed by atoms with E-state index in [2.05, 4.69) is 48.8 Å². The first kappa shape index (κ1) is 12.8. The zero-order chi connectivity index (χ0) is 11.5. The molecule has 3 unspecified atom stereocenters. The van der Waals surface area contributed by atoms with E-state index in [1.165, 1.54) is 28.4 Å². The average Bonchev–Trinajstić information content (AvgIpc) is 2.74. The van der Waals surface area contributed by atoms with Crippen molar-refractivity contribution in [2.75, 3.05) is 11.5 Å². The summed E-state index contributed by atoms with van der Waals surface area (Å²) >= 11 is 5.98. The maximum Gasteiger partial charge on any atom is 0.0437 e. The van der Waals surface area contributed by atoms with Gasteiger partial charge in [0.1, 0.15) is 0 Å². The van der Waals surface area contributed by atoms with E-state index in [1.807, 2.05) is 11.3 Å². The summed E-state index contributed by atoms with van der Waals surface area (Å²) in [6.07, 6.45) is 1.24. The monoisotopic (exact) mass is 273 g/mol. The zero-order valence-electron chi connectivity index (χ0n) is 9.81.